The van der Waals surface area contributed by atoms with Crippen LogP contribution in [0.2, 0.25) is 0 Å². The van der Waals surface area contributed by atoms with Crippen molar-refractivity contribution < 1.29 is 4.74 Å². The molecule has 0 bridgehead atoms. The molecule has 20 heavy (non-hydrogen) atoms. The summed E-state index contributed by atoms with van der Waals surface area (Å²) in [6, 6.07) is 8.76. The molecule has 4 nitrogen and oxygen atoms in total. The fraction of sp³-hybridized carbons (Fsp3) is 0.533. The van der Waals surface area contributed by atoms with Crippen LogP contribution in [0.3, 0.4) is 0 Å². The van der Waals surface area contributed by atoms with Gasteiger partial charge in [0.2, 0.25) is 0 Å². The molecule has 2 heterocycles. The standard InChI is InChI=1S/C15H18BrN3O/c16-13-2-1-12(10-17)15(9-13)19-4-3-14(11-19)18-5-7-20-8-6-18/h1-2,9,14H,3-8,11H2. The normalized spacial score (nSPS) is 23.8. The van der Waals surface area contributed by atoms with Crippen molar-refractivity contribution >= 4 is 21.6 Å². The summed E-state index contributed by atoms with van der Waals surface area (Å²) in [6.07, 6.45) is 1.16. The van der Waals surface area contributed by atoms with Crippen LogP contribution in [0.4, 0.5) is 5.69 Å². The highest BCUT2D eigenvalue weighted by atomic mass is 79.9. The first-order valence-electron chi connectivity index (χ1n) is 7.04. The quantitative estimate of drug-likeness (QED) is 0.830. The van der Waals surface area contributed by atoms with Gasteiger partial charge in [0.05, 0.1) is 24.5 Å². The number of rotatable bonds is 2. The molecule has 2 saturated heterocycles. The number of hydrogen-bond acceptors (Lipinski definition) is 4. The molecule has 0 spiro atoms. The summed E-state index contributed by atoms with van der Waals surface area (Å²) in [7, 11) is 0. The van der Waals surface area contributed by atoms with Crippen LogP contribution < -0.4 is 4.90 Å². The Hall–Kier alpha value is -1.09. The van der Waals surface area contributed by atoms with Crippen LogP contribution in [-0.2, 0) is 4.74 Å². The van der Waals surface area contributed by atoms with Crippen molar-refractivity contribution in [1.82, 2.24) is 4.90 Å². The zero-order chi connectivity index (χ0) is 13.9. The third-order valence-corrected chi connectivity index (χ3v) is 4.64. The van der Waals surface area contributed by atoms with E-state index in [2.05, 4.69) is 37.9 Å². The molecule has 0 amide bonds. The molecule has 106 valence electrons. The highest BCUT2D eigenvalue weighted by Crippen LogP contribution is 2.29. The molecule has 2 fully saturated rings. The first kappa shape index (κ1) is 13.9. The second-order valence-electron chi connectivity index (χ2n) is 5.31. The average Bonchev–Trinajstić information content (AvgIpc) is 2.98. The van der Waals surface area contributed by atoms with Gasteiger partial charge in [-0.2, -0.15) is 5.26 Å². The molecule has 0 aliphatic carbocycles. The summed E-state index contributed by atoms with van der Waals surface area (Å²) >= 11 is 3.50. The molecule has 0 radical (unpaired) electrons. The Morgan fingerprint density at radius 3 is 2.80 bits per heavy atom. The van der Waals surface area contributed by atoms with E-state index in [1.807, 2.05) is 12.1 Å². The third kappa shape index (κ3) is 2.83. The molecule has 1 aromatic carbocycles. The van der Waals surface area contributed by atoms with Crippen molar-refractivity contribution in [2.45, 2.75) is 12.5 Å². The van der Waals surface area contributed by atoms with Gasteiger partial charge in [-0.3, -0.25) is 4.90 Å². The second kappa shape index (κ2) is 6.13. The molecular formula is C15H18BrN3O. The maximum atomic E-state index is 9.27. The maximum Gasteiger partial charge on any atom is 0.101 e. The van der Waals surface area contributed by atoms with Gasteiger partial charge < -0.3 is 9.64 Å². The van der Waals surface area contributed by atoms with Crippen molar-refractivity contribution in [3.05, 3.63) is 28.2 Å². The minimum Gasteiger partial charge on any atom is -0.379 e. The Kier molecular flexibility index (Phi) is 4.25. The Bertz CT molecular complexity index is 522. The molecule has 1 atom stereocenters. The number of morpholine rings is 1. The fourth-order valence-electron chi connectivity index (χ4n) is 3.06. The van der Waals surface area contributed by atoms with E-state index < -0.39 is 0 Å². The van der Waals surface area contributed by atoms with E-state index in [1.165, 1.54) is 0 Å². The fourth-order valence-corrected chi connectivity index (χ4v) is 3.41. The predicted octanol–water partition coefficient (Wildman–Crippen LogP) is 2.23. The summed E-state index contributed by atoms with van der Waals surface area (Å²) in [6.45, 7) is 5.77. The van der Waals surface area contributed by atoms with Gasteiger partial charge in [0.1, 0.15) is 6.07 Å². The average molecular weight is 336 g/mol. The third-order valence-electron chi connectivity index (χ3n) is 4.15. The predicted molar refractivity (Wildman–Crippen MR) is 81.9 cm³/mol. The van der Waals surface area contributed by atoms with Gasteiger partial charge in [-0.15, -0.1) is 0 Å². The number of anilines is 1. The molecule has 2 aliphatic rings. The van der Waals surface area contributed by atoms with Crippen molar-refractivity contribution in [3.8, 4) is 6.07 Å². The number of benzene rings is 1. The summed E-state index contributed by atoms with van der Waals surface area (Å²) in [5.41, 5.74) is 1.81. The van der Waals surface area contributed by atoms with E-state index >= 15 is 0 Å². The van der Waals surface area contributed by atoms with E-state index in [-0.39, 0.29) is 0 Å². The van der Waals surface area contributed by atoms with E-state index in [0.29, 0.717) is 6.04 Å². The summed E-state index contributed by atoms with van der Waals surface area (Å²) in [5.74, 6) is 0. The first-order chi connectivity index (χ1) is 9.78. The Labute approximate surface area is 128 Å². The van der Waals surface area contributed by atoms with Crippen LogP contribution in [0, 0.1) is 11.3 Å². The van der Waals surface area contributed by atoms with Gasteiger partial charge in [0, 0.05) is 36.7 Å². The second-order valence-corrected chi connectivity index (χ2v) is 6.23. The Morgan fingerprint density at radius 2 is 2.05 bits per heavy atom. The molecule has 1 aromatic rings. The lowest BCUT2D eigenvalue weighted by Gasteiger charge is -2.32. The Balaban J connectivity index is 1.73. The summed E-state index contributed by atoms with van der Waals surface area (Å²) < 4.78 is 6.45. The van der Waals surface area contributed by atoms with Crippen molar-refractivity contribution in [2.24, 2.45) is 0 Å². The largest absolute Gasteiger partial charge is 0.379 e. The van der Waals surface area contributed by atoms with Gasteiger partial charge in [0.25, 0.3) is 0 Å². The van der Waals surface area contributed by atoms with Crippen molar-refractivity contribution in [1.29, 1.82) is 5.26 Å². The smallest absolute Gasteiger partial charge is 0.101 e. The van der Waals surface area contributed by atoms with E-state index in [0.717, 1.165) is 61.5 Å². The van der Waals surface area contributed by atoms with Crippen LogP contribution in [0.25, 0.3) is 0 Å². The molecule has 0 saturated carbocycles. The molecule has 0 aromatic heterocycles. The number of ether oxygens (including phenoxy) is 1. The van der Waals surface area contributed by atoms with Crippen LogP contribution in [0.15, 0.2) is 22.7 Å². The number of hydrogen-bond donors (Lipinski definition) is 0. The van der Waals surface area contributed by atoms with Gasteiger partial charge in [-0.25, -0.2) is 0 Å². The van der Waals surface area contributed by atoms with Crippen LogP contribution in [0.1, 0.15) is 12.0 Å². The minimum absolute atomic E-state index is 0.587. The van der Waals surface area contributed by atoms with Gasteiger partial charge in [-0.1, -0.05) is 15.9 Å². The van der Waals surface area contributed by atoms with Crippen molar-refractivity contribution in [3.63, 3.8) is 0 Å². The first-order valence-corrected chi connectivity index (χ1v) is 7.83. The molecule has 3 rings (SSSR count). The Morgan fingerprint density at radius 1 is 1.25 bits per heavy atom. The molecule has 1 unspecified atom stereocenters. The molecule has 2 aliphatic heterocycles. The molecular weight excluding hydrogens is 318 g/mol. The van der Waals surface area contributed by atoms with Crippen LogP contribution in [-0.4, -0.2) is 50.3 Å². The zero-order valence-electron chi connectivity index (χ0n) is 11.4. The number of halogens is 1. The lowest BCUT2D eigenvalue weighted by molar-refractivity contribution is 0.0209. The molecule has 0 N–H and O–H groups in total. The summed E-state index contributed by atoms with van der Waals surface area (Å²) in [5, 5.41) is 9.27. The van der Waals surface area contributed by atoms with E-state index in [9.17, 15) is 5.26 Å². The van der Waals surface area contributed by atoms with Gasteiger partial charge in [-0.05, 0) is 24.6 Å². The van der Waals surface area contributed by atoms with Gasteiger partial charge >= 0.3 is 0 Å². The minimum atomic E-state index is 0.587. The highest BCUT2D eigenvalue weighted by molar-refractivity contribution is 9.10. The lowest BCUT2D eigenvalue weighted by atomic mass is 10.2. The zero-order valence-corrected chi connectivity index (χ0v) is 13.0. The topological polar surface area (TPSA) is 39.5 Å². The van der Waals surface area contributed by atoms with E-state index in [4.69, 9.17) is 4.74 Å². The number of nitrogens with zero attached hydrogens (tertiary/aromatic N) is 3. The van der Waals surface area contributed by atoms with E-state index in [1.54, 1.807) is 0 Å². The molecule has 5 heteroatoms. The van der Waals surface area contributed by atoms with Crippen LogP contribution in [0.5, 0.6) is 0 Å². The van der Waals surface area contributed by atoms with Gasteiger partial charge in [0.15, 0.2) is 0 Å². The monoisotopic (exact) mass is 335 g/mol. The number of nitriles is 1. The van der Waals surface area contributed by atoms with Crippen molar-refractivity contribution in [2.75, 3.05) is 44.3 Å². The van der Waals surface area contributed by atoms with Crippen LogP contribution >= 0.6 is 15.9 Å². The highest BCUT2D eigenvalue weighted by Gasteiger charge is 2.29. The maximum absolute atomic E-state index is 9.27. The summed E-state index contributed by atoms with van der Waals surface area (Å²) in [4.78, 5) is 4.86. The lowest BCUT2D eigenvalue weighted by Crippen LogP contribution is -2.44. The SMILES string of the molecule is N#Cc1ccc(Br)cc1N1CCC(N2CCOCC2)C1.